The Labute approximate surface area is 182 Å². The Balaban J connectivity index is 1.60. The Morgan fingerprint density at radius 2 is 1.91 bits per heavy atom. The highest BCUT2D eigenvalue weighted by atomic mass is 16.5. The van der Waals surface area contributed by atoms with E-state index in [0.717, 1.165) is 11.1 Å². The van der Waals surface area contributed by atoms with Gasteiger partial charge in [-0.3, -0.25) is 9.59 Å². The van der Waals surface area contributed by atoms with E-state index in [2.05, 4.69) is 5.32 Å². The molecule has 3 heterocycles. The number of fused-ring (bicyclic) bond motifs is 3. The molecular formula is C24H20N4O4. The van der Waals surface area contributed by atoms with E-state index in [9.17, 15) is 9.59 Å². The van der Waals surface area contributed by atoms with Crippen LogP contribution in [0, 0.1) is 0 Å². The number of ether oxygens (including phenoxy) is 1. The van der Waals surface area contributed by atoms with E-state index in [0.29, 0.717) is 28.5 Å². The van der Waals surface area contributed by atoms with Gasteiger partial charge in [0.2, 0.25) is 11.7 Å². The van der Waals surface area contributed by atoms with Crippen molar-refractivity contribution in [1.82, 2.24) is 19.3 Å². The first-order chi connectivity index (χ1) is 15.6. The molecule has 0 fully saturated rings. The molecule has 0 aliphatic carbocycles. The second kappa shape index (κ2) is 8.07. The molecule has 0 aliphatic heterocycles. The van der Waals surface area contributed by atoms with Gasteiger partial charge in [0.05, 0.1) is 36.6 Å². The molecule has 0 unspecified atom stereocenters. The largest absolute Gasteiger partial charge is 0.497 e. The number of methoxy groups -OCH3 is 1. The maximum absolute atomic E-state index is 13.1. The lowest BCUT2D eigenvalue weighted by Gasteiger charge is -2.08. The van der Waals surface area contributed by atoms with Crippen LogP contribution in [0.15, 0.2) is 82.2 Å². The molecule has 160 valence electrons. The van der Waals surface area contributed by atoms with E-state index in [1.54, 1.807) is 30.1 Å². The zero-order valence-electron chi connectivity index (χ0n) is 17.3. The van der Waals surface area contributed by atoms with Gasteiger partial charge in [0.1, 0.15) is 18.1 Å². The maximum Gasteiger partial charge on any atom is 0.260 e. The highest BCUT2D eigenvalue weighted by molar-refractivity contribution is 5.85. The van der Waals surface area contributed by atoms with E-state index >= 15 is 0 Å². The van der Waals surface area contributed by atoms with Crippen LogP contribution in [0.1, 0.15) is 5.76 Å². The number of aromatic nitrogens is 3. The predicted molar refractivity (Wildman–Crippen MR) is 120 cm³/mol. The molecule has 3 aromatic heterocycles. The lowest BCUT2D eigenvalue weighted by Crippen LogP contribution is -2.27. The zero-order chi connectivity index (χ0) is 22.1. The molecule has 0 saturated heterocycles. The number of amides is 1. The van der Waals surface area contributed by atoms with Crippen LogP contribution in [-0.2, 0) is 17.9 Å². The number of benzene rings is 2. The van der Waals surface area contributed by atoms with E-state index in [1.165, 1.54) is 10.5 Å². The van der Waals surface area contributed by atoms with Gasteiger partial charge < -0.3 is 19.0 Å². The quantitative estimate of drug-likeness (QED) is 0.448. The molecule has 1 amide bonds. The SMILES string of the molecule is COc1cccc(-c2cc(=O)n3c4ccccc4n(CC(=O)NCc4ccco4)c3n2)c1. The molecule has 0 saturated carbocycles. The Bertz CT molecular complexity index is 1480. The van der Waals surface area contributed by atoms with Crippen molar-refractivity contribution in [3.05, 3.63) is 89.1 Å². The van der Waals surface area contributed by atoms with Crippen molar-refractivity contribution in [2.75, 3.05) is 7.11 Å². The van der Waals surface area contributed by atoms with Gasteiger partial charge in [-0.1, -0.05) is 24.3 Å². The number of carbonyl (C=O) groups is 1. The van der Waals surface area contributed by atoms with Gasteiger partial charge in [-0.2, -0.15) is 0 Å². The number of rotatable bonds is 6. The molecule has 1 N–H and O–H groups in total. The number of hydrogen-bond donors (Lipinski definition) is 1. The average Bonchev–Trinajstić information content (AvgIpc) is 3.45. The number of carbonyl (C=O) groups excluding carboxylic acids is 1. The molecule has 0 bridgehead atoms. The molecule has 0 spiro atoms. The number of imidazole rings is 1. The maximum atomic E-state index is 13.1. The smallest absolute Gasteiger partial charge is 0.260 e. The van der Waals surface area contributed by atoms with Crippen LogP contribution < -0.4 is 15.6 Å². The van der Waals surface area contributed by atoms with E-state index in [4.69, 9.17) is 14.1 Å². The topological polar surface area (TPSA) is 90.8 Å². The molecule has 8 heteroatoms. The summed E-state index contributed by atoms with van der Waals surface area (Å²) in [5.41, 5.74) is 2.47. The minimum Gasteiger partial charge on any atom is -0.497 e. The van der Waals surface area contributed by atoms with Crippen molar-refractivity contribution in [3.63, 3.8) is 0 Å². The van der Waals surface area contributed by atoms with Crippen molar-refractivity contribution >= 4 is 22.7 Å². The molecular weight excluding hydrogens is 408 g/mol. The van der Waals surface area contributed by atoms with E-state index < -0.39 is 0 Å². The summed E-state index contributed by atoms with van der Waals surface area (Å²) in [5, 5.41) is 2.84. The third-order valence-corrected chi connectivity index (χ3v) is 5.26. The average molecular weight is 428 g/mol. The van der Waals surface area contributed by atoms with Crippen LogP contribution in [-0.4, -0.2) is 27.0 Å². The van der Waals surface area contributed by atoms with Gasteiger partial charge >= 0.3 is 0 Å². The monoisotopic (exact) mass is 428 g/mol. The highest BCUT2D eigenvalue weighted by Gasteiger charge is 2.17. The summed E-state index contributed by atoms with van der Waals surface area (Å²) >= 11 is 0. The molecule has 5 rings (SSSR count). The van der Waals surface area contributed by atoms with Gasteiger partial charge in [-0.05, 0) is 36.4 Å². The standard InChI is InChI=1S/C24H20N4O4/c1-31-17-7-4-6-16(12-17)19-13-23(30)28-21-10-3-2-9-20(21)27(24(28)26-19)15-22(29)25-14-18-8-5-11-32-18/h2-13H,14-15H2,1H3,(H,25,29). The number of nitrogens with zero attached hydrogens (tertiary/aromatic N) is 3. The zero-order valence-corrected chi connectivity index (χ0v) is 17.3. The Morgan fingerprint density at radius 3 is 2.69 bits per heavy atom. The second-order valence-electron chi connectivity index (χ2n) is 7.28. The Hall–Kier alpha value is -4.33. The van der Waals surface area contributed by atoms with Crippen LogP contribution in [0.4, 0.5) is 0 Å². The lowest BCUT2D eigenvalue weighted by molar-refractivity contribution is -0.121. The molecule has 2 aromatic carbocycles. The van der Waals surface area contributed by atoms with Gasteiger partial charge in [0, 0.05) is 11.6 Å². The van der Waals surface area contributed by atoms with Crippen LogP contribution in [0.5, 0.6) is 5.75 Å². The fourth-order valence-electron chi connectivity index (χ4n) is 3.75. The highest BCUT2D eigenvalue weighted by Crippen LogP contribution is 2.24. The molecule has 0 aliphatic rings. The van der Waals surface area contributed by atoms with Crippen LogP contribution in [0.25, 0.3) is 28.1 Å². The Kier molecular flexibility index (Phi) is 4.95. The van der Waals surface area contributed by atoms with Crippen LogP contribution in [0.3, 0.4) is 0 Å². The molecule has 0 radical (unpaired) electrons. The van der Waals surface area contributed by atoms with Crippen molar-refractivity contribution in [2.24, 2.45) is 0 Å². The molecule has 0 atom stereocenters. The summed E-state index contributed by atoms with van der Waals surface area (Å²) in [5.74, 6) is 1.51. The van der Waals surface area contributed by atoms with E-state index in [1.807, 2.05) is 48.5 Å². The summed E-state index contributed by atoms with van der Waals surface area (Å²) in [7, 11) is 1.59. The van der Waals surface area contributed by atoms with Crippen molar-refractivity contribution < 1.29 is 13.9 Å². The predicted octanol–water partition coefficient (Wildman–Crippen LogP) is 3.23. The van der Waals surface area contributed by atoms with Crippen molar-refractivity contribution in [1.29, 1.82) is 0 Å². The minimum absolute atomic E-state index is 0.00568. The second-order valence-corrected chi connectivity index (χ2v) is 7.28. The van der Waals surface area contributed by atoms with E-state index in [-0.39, 0.29) is 24.6 Å². The number of hydrogen-bond acceptors (Lipinski definition) is 5. The fourth-order valence-corrected chi connectivity index (χ4v) is 3.75. The molecule has 5 aromatic rings. The van der Waals surface area contributed by atoms with Crippen molar-refractivity contribution in [2.45, 2.75) is 13.1 Å². The minimum atomic E-state index is -0.223. The van der Waals surface area contributed by atoms with Crippen LogP contribution in [0.2, 0.25) is 0 Å². The third kappa shape index (κ3) is 3.51. The number of furan rings is 1. The Morgan fingerprint density at radius 1 is 1.06 bits per heavy atom. The van der Waals surface area contributed by atoms with Gasteiger partial charge in [0.15, 0.2) is 0 Å². The summed E-state index contributed by atoms with van der Waals surface area (Å²) < 4.78 is 13.8. The van der Waals surface area contributed by atoms with Gasteiger partial charge in [0.25, 0.3) is 5.56 Å². The third-order valence-electron chi connectivity index (χ3n) is 5.26. The summed E-state index contributed by atoms with van der Waals surface area (Å²) in [6, 6.07) is 19.8. The molecule has 8 nitrogen and oxygen atoms in total. The first-order valence-electron chi connectivity index (χ1n) is 10.1. The lowest BCUT2D eigenvalue weighted by atomic mass is 10.1. The fraction of sp³-hybridized carbons (Fsp3) is 0.125. The van der Waals surface area contributed by atoms with Gasteiger partial charge in [-0.25, -0.2) is 9.38 Å². The summed E-state index contributed by atoms with van der Waals surface area (Å²) in [4.78, 5) is 30.6. The number of para-hydroxylation sites is 2. The van der Waals surface area contributed by atoms with Gasteiger partial charge in [-0.15, -0.1) is 0 Å². The first kappa shape index (κ1) is 19.6. The van der Waals surface area contributed by atoms with Crippen molar-refractivity contribution in [3.8, 4) is 17.0 Å². The summed E-state index contributed by atoms with van der Waals surface area (Å²) in [6.07, 6.45) is 1.56. The number of nitrogens with one attached hydrogen (secondary N) is 1. The normalized spacial score (nSPS) is 11.2. The first-order valence-corrected chi connectivity index (χ1v) is 10.1. The summed E-state index contributed by atoms with van der Waals surface area (Å²) in [6.45, 7) is 0.289. The molecule has 32 heavy (non-hydrogen) atoms. The van der Waals surface area contributed by atoms with Crippen LogP contribution >= 0.6 is 0 Å².